The van der Waals surface area contributed by atoms with Crippen molar-refractivity contribution in [3.05, 3.63) is 60.7 Å². The van der Waals surface area contributed by atoms with E-state index in [2.05, 4.69) is 20.8 Å². The fraction of sp³-hybridized carbons (Fsp3) is 0.167. The summed E-state index contributed by atoms with van der Waals surface area (Å²) < 4.78 is 14.4. The number of aliphatic hydroxyl groups is 1. The Morgan fingerprint density at radius 1 is 1.25 bits per heavy atom. The molecule has 0 atom stereocenters. The number of hydrogen-bond donors (Lipinski definition) is 3. The Balaban J connectivity index is 1.82. The predicted octanol–water partition coefficient (Wildman–Crippen LogP) is 2.68. The highest BCUT2D eigenvalue weighted by molar-refractivity contribution is 7.99. The Hall–Kier alpha value is -2.95. The molecule has 2 heterocycles. The van der Waals surface area contributed by atoms with Crippen LogP contribution in [0.15, 0.2) is 59.9 Å². The van der Waals surface area contributed by atoms with Crippen molar-refractivity contribution in [2.75, 3.05) is 24.5 Å². The van der Waals surface area contributed by atoms with Gasteiger partial charge in [0.15, 0.2) is 0 Å². The summed E-state index contributed by atoms with van der Waals surface area (Å²) in [6, 6.07) is 11.8. The molecule has 1 amide bonds. The van der Waals surface area contributed by atoms with E-state index in [0.717, 1.165) is 22.3 Å². The number of nitrogens with one attached hydrogen (secondary N) is 2. The van der Waals surface area contributed by atoms with Crippen LogP contribution in [0, 0.1) is 0 Å². The number of hydrogen-bond acceptors (Lipinski definition) is 7. The fourth-order valence-corrected chi connectivity index (χ4v) is 2.93. The lowest BCUT2D eigenvalue weighted by atomic mass is 10.3. The van der Waals surface area contributed by atoms with E-state index in [0.29, 0.717) is 11.6 Å². The number of nitrogens with zero attached hydrogens (tertiary/aromatic N) is 3. The van der Waals surface area contributed by atoms with Crippen LogP contribution < -0.4 is 10.8 Å². The van der Waals surface area contributed by atoms with E-state index in [-0.39, 0.29) is 18.9 Å². The number of para-hydroxylation sites is 1. The second-order valence-corrected chi connectivity index (χ2v) is 6.35. The number of carbonyl (C=O) groups excluding carboxylic acids is 1. The second kappa shape index (κ2) is 9.83. The van der Waals surface area contributed by atoms with Gasteiger partial charge in [-0.1, -0.05) is 30.0 Å². The average molecular weight is 403 g/mol. The molecule has 0 unspecified atom stereocenters. The molecule has 28 heavy (non-hydrogen) atoms. The number of benzene rings is 1. The quantitative estimate of drug-likeness (QED) is 0.287. The largest absolute Gasteiger partial charge is 0.394 e. The van der Waals surface area contributed by atoms with E-state index in [4.69, 9.17) is 9.94 Å². The maximum absolute atomic E-state index is 12.8. The minimum atomic E-state index is -0.533. The molecule has 0 saturated heterocycles. The van der Waals surface area contributed by atoms with Gasteiger partial charge >= 0.3 is 0 Å². The number of imidazole rings is 1. The van der Waals surface area contributed by atoms with Crippen LogP contribution in [0.25, 0.3) is 5.82 Å². The zero-order chi connectivity index (χ0) is 19.8. The van der Waals surface area contributed by atoms with Crippen LogP contribution in [0.1, 0.15) is 10.5 Å². The summed E-state index contributed by atoms with van der Waals surface area (Å²) in [5.41, 5.74) is 3.08. The Bertz CT molecular complexity index is 937. The number of aliphatic hydroxyl groups excluding tert-OH is 1. The molecule has 8 nitrogen and oxygen atoms in total. The average Bonchev–Trinajstić information content (AvgIpc) is 3.18. The lowest BCUT2D eigenvalue weighted by molar-refractivity contribution is 0.0164. The number of carbonyl (C=O) groups is 1. The predicted molar refractivity (Wildman–Crippen MR) is 103 cm³/mol. The first-order valence-corrected chi connectivity index (χ1v) is 9.29. The Kier molecular flexibility index (Phi) is 6.95. The fourth-order valence-electron chi connectivity index (χ4n) is 2.36. The number of rotatable bonds is 9. The first-order chi connectivity index (χ1) is 13.7. The topological polar surface area (TPSA) is 101 Å². The third-order valence-electron chi connectivity index (χ3n) is 3.57. The molecule has 3 N–H and O–H groups in total. The van der Waals surface area contributed by atoms with Crippen molar-refractivity contribution < 1.29 is 19.1 Å². The Morgan fingerprint density at radius 3 is 2.93 bits per heavy atom. The number of aromatic nitrogens is 3. The van der Waals surface area contributed by atoms with Crippen molar-refractivity contribution in [2.24, 2.45) is 0 Å². The number of anilines is 2. The summed E-state index contributed by atoms with van der Waals surface area (Å²) in [6.07, 6.45) is 3.16. The van der Waals surface area contributed by atoms with Crippen molar-refractivity contribution >= 4 is 29.2 Å². The zero-order valence-corrected chi connectivity index (χ0v) is 15.5. The smallest absolute Gasteiger partial charge is 0.293 e. The maximum Gasteiger partial charge on any atom is 0.293 e. The number of halogens is 1. The molecular formula is C18H18FN5O3S. The van der Waals surface area contributed by atoms with Crippen molar-refractivity contribution in [3.8, 4) is 5.82 Å². The number of alkyl halides is 1. The molecule has 0 spiro atoms. The first-order valence-electron chi connectivity index (χ1n) is 8.30. The number of pyridine rings is 1. The van der Waals surface area contributed by atoms with Crippen LogP contribution in [-0.4, -0.2) is 44.8 Å². The maximum atomic E-state index is 12.8. The standard InChI is InChI=1S/C18H18FN5O3S/c19-11-28-15-6-2-1-4-13(15)21-17-10-20-12-24(17)16-7-3-5-14(22-16)18(26)23-27-9-8-25/h1-7,10,12,21,25H,8-9,11H2,(H,23,26). The molecule has 0 saturated carbocycles. The summed E-state index contributed by atoms with van der Waals surface area (Å²) in [6.45, 7) is -0.225. The lowest BCUT2D eigenvalue weighted by Crippen LogP contribution is -2.26. The molecule has 0 fully saturated rings. The van der Waals surface area contributed by atoms with Gasteiger partial charge in [-0.05, 0) is 24.3 Å². The van der Waals surface area contributed by atoms with Gasteiger partial charge in [0.2, 0.25) is 0 Å². The third-order valence-corrected chi connectivity index (χ3v) is 4.35. The van der Waals surface area contributed by atoms with E-state index < -0.39 is 11.9 Å². The number of amides is 1. The van der Waals surface area contributed by atoms with Gasteiger partial charge in [-0.15, -0.1) is 0 Å². The minimum Gasteiger partial charge on any atom is -0.394 e. The molecule has 1 aromatic carbocycles. The summed E-state index contributed by atoms with van der Waals surface area (Å²) in [5, 5.41) is 11.9. The van der Waals surface area contributed by atoms with Crippen LogP contribution in [0.5, 0.6) is 0 Å². The summed E-state index contributed by atoms with van der Waals surface area (Å²) in [5.74, 6) is 0.536. The van der Waals surface area contributed by atoms with Gasteiger partial charge in [0.1, 0.15) is 29.7 Å². The second-order valence-electron chi connectivity index (χ2n) is 5.41. The highest BCUT2D eigenvalue weighted by Gasteiger charge is 2.12. The molecule has 3 aromatic rings. The normalized spacial score (nSPS) is 10.6. The molecule has 3 rings (SSSR count). The van der Waals surface area contributed by atoms with E-state index in [1.54, 1.807) is 35.3 Å². The first kappa shape index (κ1) is 19.8. The van der Waals surface area contributed by atoms with E-state index in [1.165, 1.54) is 0 Å². The Morgan fingerprint density at radius 2 is 2.11 bits per heavy atom. The molecular weight excluding hydrogens is 385 g/mol. The molecule has 146 valence electrons. The van der Waals surface area contributed by atoms with Crippen LogP contribution in [0.3, 0.4) is 0 Å². The van der Waals surface area contributed by atoms with Crippen molar-refractivity contribution in [2.45, 2.75) is 4.90 Å². The molecule has 0 radical (unpaired) electrons. The molecule has 0 aliphatic carbocycles. The number of hydroxylamine groups is 1. The van der Waals surface area contributed by atoms with Crippen LogP contribution in [0.4, 0.5) is 15.9 Å². The van der Waals surface area contributed by atoms with Crippen LogP contribution in [-0.2, 0) is 4.84 Å². The summed E-state index contributed by atoms with van der Waals surface area (Å²) in [7, 11) is 0. The van der Waals surface area contributed by atoms with E-state index >= 15 is 0 Å². The van der Waals surface area contributed by atoms with E-state index in [9.17, 15) is 9.18 Å². The van der Waals surface area contributed by atoms with Crippen LogP contribution in [0.2, 0.25) is 0 Å². The molecule has 10 heteroatoms. The van der Waals surface area contributed by atoms with Gasteiger partial charge in [0.25, 0.3) is 5.91 Å². The summed E-state index contributed by atoms with van der Waals surface area (Å²) in [4.78, 5) is 26.1. The molecule has 2 aromatic heterocycles. The Labute approximate surface area is 164 Å². The number of thioether (sulfide) groups is 1. The molecule has 0 aliphatic heterocycles. The molecule has 0 aliphatic rings. The van der Waals surface area contributed by atoms with Crippen LogP contribution >= 0.6 is 11.8 Å². The highest BCUT2D eigenvalue weighted by atomic mass is 32.2. The minimum absolute atomic E-state index is 0.0165. The van der Waals surface area contributed by atoms with Gasteiger partial charge in [0, 0.05) is 4.90 Å². The van der Waals surface area contributed by atoms with Crippen molar-refractivity contribution in [1.29, 1.82) is 0 Å². The summed E-state index contributed by atoms with van der Waals surface area (Å²) >= 11 is 1.08. The SMILES string of the molecule is O=C(NOCCO)c1cccc(-n2cncc2Nc2ccccc2SCF)n1. The van der Waals surface area contributed by atoms with Crippen molar-refractivity contribution in [1.82, 2.24) is 20.0 Å². The van der Waals surface area contributed by atoms with E-state index in [1.807, 2.05) is 24.3 Å². The monoisotopic (exact) mass is 403 g/mol. The van der Waals surface area contributed by atoms with Gasteiger partial charge < -0.3 is 10.4 Å². The van der Waals surface area contributed by atoms with Gasteiger partial charge in [0.05, 0.1) is 25.1 Å². The van der Waals surface area contributed by atoms with Gasteiger partial charge in [-0.3, -0.25) is 14.2 Å². The zero-order valence-electron chi connectivity index (χ0n) is 14.7. The highest BCUT2D eigenvalue weighted by Crippen LogP contribution is 2.30. The van der Waals surface area contributed by atoms with Gasteiger partial charge in [-0.2, -0.15) is 0 Å². The third kappa shape index (κ3) is 4.85. The molecule has 0 bridgehead atoms. The lowest BCUT2D eigenvalue weighted by Gasteiger charge is -2.13. The van der Waals surface area contributed by atoms with Gasteiger partial charge in [-0.25, -0.2) is 19.8 Å². The van der Waals surface area contributed by atoms with Crippen molar-refractivity contribution in [3.63, 3.8) is 0 Å².